The van der Waals surface area contributed by atoms with Gasteiger partial charge in [0.25, 0.3) is 0 Å². The Morgan fingerprint density at radius 2 is 2.36 bits per heavy atom. The highest BCUT2D eigenvalue weighted by atomic mass is 16.4. The lowest BCUT2D eigenvalue weighted by Gasteiger charge is -2.18. The summed E-state index contributed by atoms with van der Waals surface area (Å²) in [6.07, 6.45) is 1.36. The van der Waals surface area contributed by atoms with Gasteiger partial charge < -0.3 is 10.0 Å². The van der Waals surface area contributed by atoms with Gasteiger partial charge in [-0.3, -0.25) is 4.79 Å². The molecule has 1 aliphatic rings. The van der Waals surface area contributed by atoms with Crippen LogP contribution < -0.4 is 0 Å². The van der Waals surface area contributed by atoms with E-state index in [-0.39, 0.29) is 0 Å². The normalized spacial score (nSPS) is 32.5. The maximum absolute atomic E-state index is 10.4. The summed E-state index contributed by atoms with van der Waals surface area (Å²) < 4.78 is 0. The second-order valence-electron chi connectivity index (χ2n) is 3.37. The van der Waals surface area contributed by atoms with Crippen LogP contribution in [-0.2, 0) is 4.79 Å². The zero-order valence-corrected chi connectivity index (χ0v) is 7.08. The third-order valence-electron chi connectivity index (χ3n) is 2.67. The molecule has 0 aromatic carbocycles. The van der Waals surface area contributed by atoms with E-state index in [9.17, 15) is 4.79 Å². The molecule has 0 amide bonds. The van der Waals surface area contributed by atoms with Crippen molar-refractivity contribution in [2.75, 3.05) is 13.6 Å². The Morgan fingerprint density at radius 1 is 1.73 bits per heavy atom. The number of rotatable bonds is 2. The van der Waals surface area contributed by atoms with E-state index in [1.807, 2.05) is 7.05 Å². The highest BCUT2D eigenvalue weighted by molar-refractivity contribution is 5.67. The zero-order valence-electron chi connectivity index (χ0n) is 7.08. The fraction of sp³-hybridized carbons (Fsp3) is 0.875. The molecule has 0 aromatic rings. The van der Waals surface area contributed by atoms with Gasteiger partial charge in [-0.15, -0.1) is 0 Å². The Hall–Kier alpha value is -0.570. The van der Waals surface area contributed by atoms with Gasteiger partial charge in [-0.1, -0.05) is 0 Å². The van der Waals surface area contributed by atoms with Gasteiger partial charge in [-0.05, 0) is 32.9 Å². The maximum Gasteiger partial charge on any atom is 0.303 e. The first-order chi connectivity index (χ1) is 5.11. The second kappa shape index (κ2) is 3.22. The molecule has 0 radical (unpaired) electrons. The van der Waals surface area contributed by atoms with Crippen molar-refractivity contribution in [1.29, 1.82) is 0 Å². The van der Waals surface area contributed by atoms with E-state index < -0.39 is 5.97 Å². The molecular formula is C8H15NO2. The molecule has 2 atom stereocenters. The van der Waals surface area contributed by atoms with Crippen LogP contribution in [0.3, 0.4) is 0 Å². The van der Waals surface area contributed by atoms with Crippen molar-refractivity contribution in [3.63, 3.8) is 0 Å². The van der Waals surface area contributed by atoms with Crippen LogP contribution in [0.15, 0.2) is 0 Å². The molecule has 64 valence electrons. The van der Waals surface area contributed by atoms with Crippen LogP contribution in [0, 0.1) is 5.92 Å². The minimum atomic E-state index is -0.669. The van der Waals surface area contributed by atoms with Gasteiger partial charge >= 0.3 is 5.97 Å². The number of nitrogens with zero attached hydrogens (tertiary/aromatic N) is 1. The van der Waals surface area contributed by atoms with Crippen molar-refractivity contribution in [1.82, 2.24) is 4.90 Å². The maximum atomic E-state index is 10.4. The molecule has 0 unspecified atom stereocenters. The summed E-state index contributed by atoms with van der Waals surface area (Å²) in [6, 6.07) is 0.436. The molecule has 0 saturated carbocycles. The Labute approximate surface area is 67.0 Å². The van der Waals surface area contributed by atoms with E-state index >= 15 is 0 Å². The predicted octanol–water partition coefficient (Wildman–Crippen LogP) is 0.801. The van der Waals surface area contributed by atoms with Crippen molar-refractivity contribution in [3.05, 3.63) is 0 Å². The highest BCUT2D eigenvalue weighted by Gasteiger charge is 2.29. The monoisotopic (exact) mass is 157 g/mol. The average Bonchev–Trinajstić information content (AvgIpc) is 2.18. The molecule has 1 heterocycles. The van der Waals surface area contributed by atoms with E-state index in [2.05, 4.69) is 11.8 Å². The minimum absolute atomic E-state index is 0.325. The number of carbonyl (C=O) groups is 1. The van der Waals surface area contributed by atoms with Gasteiger partial charge in [0.2, 0.25) is 0 Å². The van der Waals surface area contributed by atoms with Crippen LogP contribution in [0.25, 0.3) is 0 Å². The van der Waals surface area contributed by atoms with E-state index in [1.54, 1.807) is 0 Å². The summed E-state index contributed by atoms with van der Waals surface area (Å²) in [7, 11) is 2.05. The fourth-order valence-corrected chi connectivity index (χ4v) is 1.67. The van der Waals surface area contributed by atoms with Crippen molar-refractivity contribution >= 4 is 5.97 Å². The van der Waals surface area contributed by atoms with Crippen LogP contribution in [-0.4, -0.2) is 35.6 Å². The number of carboxylic acid groups (broad SMARTS) is 1. The van der Waals surface area contributed by atoms with Crippen LogP contribution in [0.2, 0.25) is 0 Å². The van der Waals surface area contributed by atoms with Crippen LogP contribution in [0.4, 0.5) is 0 Å². The first kappa shape index (κ1) is 8.53. The van der Waals surface area contributed by atoms with Gasteiger partial charge in [0.1, 0.15) is 0 Å². The Balaban J connectivity index is 2.42. The second-order valence-corrected chi connectivity index (χ2v) is 3.37. The number of likely N-dealkylation sites (tertiary alicyclic amines) is 1. The molecule has 1 aliphatic heterocycles. The summed E-state index contributed by atoms with van der Waals surface area (Å²) in [5.41, 5.74) is 0. The lowest BCUT2D eigenvalue weighted by atomic mass is 9.98. The van der Waals surface area contributed by atoms with E-state index in [4.69, 9.17) is 5.11 Å². The molecule has 3 nitrogen and oxygen atoms in total. The average molecular weight is 157 g/mol. The van der Waals surface area contributed by atoms with Crippen molar-refractivity contribution in [2.24, 2.45) is 5.92 Å². The van der Waals surface area contributed by atoms with E-state index in [1.165, 1.54) is 0 Å². The summed E-state index contributed by atoms with van der Waals surface area (Å²) in [5, 5.41) is 8.56. The van der Waals surface area contributed by atoms with Gasteiger partial charge in [0, 0.05) is 12.5 Å². The fourth-order valence-electron chi connectivity index (χ4n) is 1.67. The Kier molecular flexibility index (Phi) is 2.49. The smallest absolute Gasteiger partial charge is 0.303 e. The van der Waals surface area contributed by atoms with Gasteiger partial charge in [0.05, 0.1) is 0 Å². The quantitative estimate of drug-likeness (QED) is 0.644. The van der Waals surface area contributed by atoms with Crippen molar-refractivity contribution in [3.8, 4) is 0 Å². The number of carboxylic acids is 1. The van der Waals surface area contributed by atoms with E-state index in [0.717, 1.165) is 13.0 Å². The summed E-state index contributed by atoms with van der Waals surface area (Å²) >= 11 is 0. The molecule has 1 fully saturated rings. The van der Waals surface area contributed by atoms with Crippen LogP contribution in [0.1, 0.15) is 19.8 Å². The first-order valence-corrected chi connectivity index (χ1v) is 4.03. The van der Waals surface area contributed by atoms with Gasteiger partial charge in [-0.2, -0.15) is 0 Å². The molecule has 0 aliphatic carbocycles. The lowest BCUT2D eigenvalue weighted by Crippen LogP contribution is -2.26. The number of hydrogen-bond acceptors (Lipinski definition) is 2. The van der Waals surface area contributed by atoms with Crippen LogP contribution in [0.5, 0.6) is 0 Å². The number of hydrogen-bond donors (Lipinski definition) is 1. The minimum Gasteiger partial charge on any atom is -0.481 e. The molecule has 0 aromatic heterocycles. The summed E-state index contributed by atoms with van der Waals surface area (Å²) in [5.74, 6) is -0.311. The molecule has 1 rings (SSSR count). The van der Waals surface area contributed by atoms with Gasteiger partial charge in [-0.25, -0.2) is 0 Å². The number of aliphatic carboxylic acids is 1. The zero-order chi connectivity index (χ0) is 8.43. The molecule has 1 N–H and O–H groups in total. The Morgan fingerprint density at radius 3 is 2.73 bits per heavy atom. The largest absolute Gasteiger partial charge is 0.481 e. The topological polar surface area (TPSA) is 40.5 Å². The third-order valence-corrected chi connectivity index (χ3v) is 2.67. The summed E-state index contributed by atoms with van der Waals surface area (Å²) in [6.45, 7) is 3.14. The molecule has 0 spiro atoms. The van der Waals surface area contributed by atoms with Crippen LogP contribution >= 0.6 is 0 Å². The third kappa shape index (κ3) is 1.93. The molecule has 3 heteroatoms. The Bertz CT molecular complexity index is 158. The lowest BCUT2D eigenvalue weighted by molar-refractivity contribution is -0.138. The van der Waals surface area contributed by atoms with Crippen molar-refractivity contribution in [2.45, 2.75) is 25.8 Å². The van der Waals surface area contributed by atoms with Gasteiger partial charge in [0.15, 0.2) is 0 Å². The predicted molar refractivity (Wildman–Crippen MR) is 42.5 cm³/mol. The molecule has 0 bridgehead atoms. The SMILES string of the molecule is C[C@@H]1[C@@H](CC(=O)O)CCN1C. The first-order valence-electron chi connectivity index (χ1n) is 4.03. The highest BCUT2D eigenvalue weighted by Crippen LogP contribution is 2.24. The summed E-state index contributed by atoms with van der Waals surface area (Å²) in [4.78, 5) is 12.6. The molecule has 1 saturated heterocycles. The van der Waals surface area contributed by atoms with E-state index in [0.29, 0.717) is 18.4 Å². The molecular weight excluding hydrogens is 142 g/mol. The standard InChI is InChI=1S/C8H15NO2/c1-6-7(5-8(10)11)3-4-9(6)2/h6-7H,3-5H2,1-2H3,(H,10,11)/t6-,7-/m1/s1. The molecule has 11 heavy (non-hydrogen) atoms. The van der Waals surface area contributed by atoms with Crippen molar-refractivity contribution < 1.29 is 9.90 Å².